The van der Waals surface area contributed by atoms with E-state index in [-0.39, 0.29) is 24.9 Å². The second-order valence-corrected chi connectivity index (χ2v) is 11.8. The molecule has 0 bridgehead atoms. The van der Waals surface area contributed by atoms with Gasteiger partial charge in [0, 0.05) is 23.1 Å². The van der Waals surface area contributed by atoms with E-state index in [4.69, 9.17) is 9.47 Å². The van der Waals surface area contributed by atoms with E-state index < -0.39 is 0 Å². The molecule has 0 aliphatic carbocycles. The van der Waals surface area contributed by atoms with Gasteiger partial charge in [0.05, 0.1) is 13.7 Å². The fraction of sp³-hybridized carbons (Fsp3) is 0.649. The van der Waals surface area contributed by atoms with Crippen LogP contribution in [-0.2, 0) is 29.2 Å². The minimum Gasteiger partial charge on any atom is -0.507 e. The van der Waals surface area contributed by atoms with Crippen molar-refractivity contribution in [3.8, 4) is 11.5 Å². The topological polar surface area (TPSA) is 76.0 Å². The predicted octanol–water partition coefficient (Wildman–Crippen LogP) is 10.2. The molecule has 1 aromatic carbocycles. The van der Waals surface area contributed by atoms with Crippen LogP contribution in [0.15, 0.2) is 41.5 Å². The summed E-state index contributed by atoms with van der Waals surface area (Å²) in [6.07, 6.45) is 27.6. The molecule has 0 aromatic heterocycles. The summed E-state index contributed by atoms with van der Waals surface area (Å²) in [5.41, 5.74) is 4.12. The molecule has 0 aliphatic heterocycles. The number of hydrogen-bond donors (Lipinski definition) is 2. The van der Waals surface area contributed by atoms with E-state index in [1.165, 1.54) is 68.9 Å². The molecule has 5 nitrogen and oxygen atoms in total. The summed E-state index contributed by atoms with van der Waals surface area (Å²) in [4.78, 5) is 12.4. The lowest BCUT2D eigenvalue weighted by molar-refractivity contribution is -0.145. The number of carbonyl (C=O) groups excluding carboxylic acids is 1. The van der Waals surface area contributed by atoms with Gasteiger partial charge in [-0.25, -0.2) is 0 Å². The molecular weight excluding hydrogens is 524 g/mol. The van der Waals surface area contributed by atoms with Gasteiger partial charge in [0.15, 0.2) is 0 Å². The third-order valence-electron chi connectivity index (χ3n) is 7.72. The van der Waals surface area contributed by atoms with Gasteiger partial charge in [0.25, 0.3) is 0 Å². The van der Waals surface area contributed by atoms with Crippen molar-refractivity contribution in [1.82, 2.24) is 0 Å². The fourth-order valence-corrected chi connectivity index (χ4v) is 5.01. The zero-order chi connectivity index (χ0) is 31.0. The second-order valence-electron chi connectivity index (χ2n) is 11.8. The van der Waals surface area contributed by atoms with E-state index in [1.807, 2.05) is 0 Å². The summed E-state index contributed by atoms with van der Waals surface area (Å²) in [5.74, 6) is 0.281. The molecule has 0 fully saturated rings. The number of aliphatic hydroxyl groups is 1. The monoisotopic (exact) mass is 584 g/mol. The molecule has 0 heterocycles. The first-order chi connectivity index (χ1) is 20.3. The highest BCUT2D eigenvalue weighted by atomic mass is 16.5. The van der Waals surface area contributed by atoms with Crippen LogP contribution in [0.4, 0.5) is 0 Å². The molecule has 0 atom stereocenters. The Bertz CT molecular complexity index is 969. The molecule has 238 valence electrons. The normalized spacial score (nSPS) is 11.7. The van der Waals surface area contributed by atoms with Crippen LogP contribution in [0.1, 0.15) is 147 Å². The average molecular weight is 585 g/mol. The Kier molecular flexibility index (Phi) is 21.4. The highest BCUT2D eigenvalue weighted by Gasteiger charge is 2.18. The second kappa shape index (κ2) is 24.0. The number of phenols is 1. The molecule has 5 heteroatoms. The first-order valence-corrected chi connectivity index (χ1v) is 16.4. The fourth-order valence-electron chi connectivity index (χ4n) is 5.01. The largest absolute Gasteiger partial charge is 0.507 e. The van der Waals surface area contributed by atoms with Gasteiger partial charge in [0.1, 0.15) is 18.1 Å². The van der Waals surface area contributed by atoms with Gasteiger partial charge in [-0.3, -0.25) is 4.79 Å². The molecule has 0 radical (unpaired) electrons. The standard InChI is InChI=1S/C37H60O5/c1-6-7-8-9-10-11-12-13-14-15-16-17-18-19-20-24-36(39)42-29-32-27-35(41-5)33(37(40)34(32)28-38)26-25-31(4)23-21-22-30(2)3/h13-14,22,25,27,38,40H,6-12,15-21,23-24,26,28-29H2,1-5H3. The van der Waals surface area contributed by atoms with Gasteiger partial charge in [-0.1, -0.05) is 93.7 Å². The summed E-state index contributed by atoms with van der Waals surface area (Å²) in [6.45, 7) is 8.19. The van der Waals surface area contributed by atoms with Crippen molar-refractivity contribution in [2.75, 3.05) is 7.11 Å². The van der Waals surface area contributed by atoms with Crippen LogP contribution >= 0.6 is 0 Å². The van der Waals surface area contributed by atoms with Gasteiger partial charge in [-0.05, 0) is 78.2 Å². The van der Waals surface area contributed by atoms with Crippen LogP contribution in [0.25, 0.3) is 0 Å². The Morgan fingerprint density at radius 1 is 0.810 bits per heavy atom. The Hall–Kier alpha value is -2.53. The quantitative estimate of drug-likeness (QED) is 0.0718. The molecule has 0 aliphatic rings. The molecule has 0 spiro atoms. The molecule has 0 unspecified atom stereocenters. The third kappa shape index (κ3) is 16.8. The number of allylic oxidation sites excluding steroid dienone is 6. The zero-order valence-corrected chi connectivity index (χ0v) is 27.4. The van der Waals surface area contributed by atoms with Crippen LogP contribution in [0.5, 0.6) is 11.5 Å². The van der Waals surface area contributed by atoms with Crippen LogP contribution in [0.2, 0.25) is 0 Å². The maximum absolute atomic E-state index is 12.4. The summed E-state index contributed by atoms with van der Waals surface area (Å²) in [6, 6.07) is 1.77. The zero-order valence-electron chi connectivity index (χ0n) is 27.4. The van der Waals surface area contributed by atoms with Gasteiger partial charge in [-0.2, -0.15) is 0 Å². The van der Waals surface area contributed by atoms with Crippen molar-refractivity contribution in [3.05, 3.63) is 58.2 Å². The van der Waals surface area contributed by atoms with Gasteiger partial charge >= 0.3 is 5.97 Å². The SMILES string of the molecule is CCCCCCCCC=CCCCCCCCC(=O)OCc1cc(OC)c(CC=C(C)CCC=C(C)C)c(O)c1CO. The molecule has 1 aromatic rings. The molecule has 0 saturated heterocycles. The number of methoxy groups -OCH3 is 1. The van der Waals surface area contributed by atoms with Crippen LogP contribution in [-0.4, -0.2) is 23.3 Å². The molecular formula is C37H60O5. The lowest BCUT2D eigenvalue weighted by Gasteiger charge is -2.17. The van der Waals surface area contributed by atoms with E-state index in [1.54, 1.807) is 13.2 Å². The average Bonchev–Trinajstić information content (AvgIpc) is 2.97. The Morgan fingerprint density at radius 2 is 1.43 bits per heavy atom. The van der Waals surface area contributed by atoms with Gasteiger partial charge < -0.3 is 19.7 Å². The van der Waals surface area contributed by atoms with E-state index >= 15 is 0 Å². The van der Waals surface area contributed by atoms with Crippen molar-refractivity contribution >= 4 is 5.97 Å². The number of rotatable bonds is 24. The summed E-state index contributed by atoms with van der Waals surface area (Å²) >= 11 is 0. The molecule has 2 N–H and O–H groups in total. The molecule has 0 amide bonds. The number of ether oxygens (including phenoxy) is 2. The van der Waals surface area contributed by atoms with Crippen molar-refractivity contribution in [3.63, 3.8) is 0 Å². The maximum atomic E-state index is 12.4. The number of benzene rings is 1. The highest BCUT2D eigenvalue weighted by molar-refractivity contribution is 5.69. The third-order valence-corrected chi connectivity index (χ3v) is 7.72. The van der Waals surface area contributed by atoms with E-state index in [2.05, 4.69) is 52.0 Å². The van der Waals surface area contributed by atoms with E-state index in [0.717, 1.165) is 38.5 Å². The van der Waals surface area contributed by atoms with Gasteiger partial charge in [-0.15, -0.1) is 0 Å². The Morgan fingerprint density at radius 3 is 2.02 bits per heavy atom. The number of carbonyl (C=O) groups is 1. The maximum Gasteiger partial charge on any atom is 0.306 e. The number of hydrogen-bond acceptors (Lipinski definition) is 5. The molecule has 1 rings (SSSR count). The minimum atomic E-state index is -0.340. The smallest absolute Gasteiger partial charge is 0.306 e. The Labute approximate surface area is 257 Å². The Balaban J connectivity index is 2.39. The summed E-state index contributed by atoms with van der Waals surface area (Å²) < 4.78 is 11.1. The van der Waals surface area contributed by atoms with Crippen LogP contribution in [0.3, 0.4) is 0 Å². The van der Waals surface area contributed by atoms with Crippen molar-refractivity contribution in [2.24, 2.45) is 0 Å². The minimum absolute atomic E-state index is 0.00156. The van der Waals surface area contributed by atoms with Crippen LogP contribution in [0, 0.1) is 0 Å². The van der Waals surface area contributed by atoms with Crippen molar-refractivity contribution in [2.45, 2.75) is 150 Å². The first kappa shape index (κ1) is 37.5. The van der Waals surface area contributed by atoms with E-state index in [9.17, 15) is 15.0 Å². The first-order valence-electron chi connectivity index (χ1n) is 16.4. The molecule has 0 saturated carbocycles. The van der Waals surface area contributed by atoms with E-state index in [0.29, 0.717) is 35.3 Å². The van der Waals surface area contributed by atoms with Crippen LogP contribution < -0.4 is 4.74 Å². The van der Waals surface area contributed by atoms with Gasteiger partial charge in [0.2, 0.25) is 0 Å². The van der Waals surface area contributed by atoms with Crippen molar-refractivity contribution in [1.29, 1.82) is 0 Å². The number of aromatic hydroxyl groups is 1. The highest BCUT2D eigenvalue weighted by Crippen LogP contribution is 2.36. The summed E-state index contributed by atoms with van der Waals surface area (Å²) in [7, 11) is 1.56. The number of aliphatic hydroxyl groups excluding tert-OH is 1. The lowest BCUT2D eigenvalue weighted by Crippen LogP contribution is -2.08. The lowest BCUT2D eigenvalue weighted by atomic mass is 9.98. The predicted molar refractivity (Wildman–Crippen MR) is 176 cm³/mol. The molecule has 42 heavy (non-hydrogen) atoms. The number of esters is 1. The summed E-state index contributed by atoms with van der Waals surface area (Å²) in [5, 5.41) is 20.9. The van der Waals surface area contributed by atoms with Crippen molar-refractivity contribution < 1.29 is 24.5 Å². The number of unbranched alkanes of at least 4 members (excludes halogenated alkanes) is 11.